The topological polar surface area (TPSA) is 46.6 Å². The van der Waals surface area contributed by atoms with Crippen LogP contribution >= 0.6 is 11.3 Å². The fraction of sp³-hybridized carbons (Fsp3) is 0.250. The summed E-state index contributed by atoms with van der Waals surface area (Å²) in [4.78, 5) is 23.6. The zero-order valence-electron chi connectivity index (χ0n) is 6.73. The molecule has 2 rings (SSSR count). The average Bonchev–Trinajstić information content (AvgIpc) is 2.71. The van der Waals surface area contributed by atoms with E-state index in [2.05, 4.69) is 0 Å². The number of nitrogens with zero attached hydrogens (tertiary/aromatic N) is 1. The Hall–Kier alpha value is -1.36. The van der Waals surface area contributed by atoms with E-state index in [0.717, 1.165) is 12.0 Å². The molecule has 1 fully saturated rings. The number of hydrogen-bond donors (Lipinski definition) is 0. The van der Waals surface area contributed by atoms with Gasteiger partial charge in [0.25, 0.3) is 0 Å². The molecule has 1 aliphatic rings. The molecule has 5 heteroatoms. The second kappa shape index (κ2) is 3.18. The first kappa shape index (κ1) is 8.25. The number of aldehydes is 1. The van der Waals surface area contributed by atoms with Gasteiger partial charge in [0.1, 0.15) is 6.61 Å². The van der Waals surface area contributed by atoms with Gasteiger partial charge in [0.15, 0.2) is 6.29 Å². The maximum atomic E-state index is 11.1. The van der Waals surface area contributed by atoms with Crippen molar-refractivity contribution in [1.82, 2.24) is 0 Å². The van der Waals surface area contributed by atoms with Crippen LogP contribution in [-0.2, 0) is 4.74 Å². The first-order chi connectivity index (χ1) is 6.31. The highest BCUT2D eigenvalue weighted by atomic mass is 32.1. The van der Waals surface area contributed by atoms with Crippen LogP contribution in [0, 0.1) is 0 Å². The number of rotatable bonds is 2. The zero-order valence-corrected chi connectivity index (χ0v) is 7.54. The van der Waals surface area contributed by atoms with Gasteiger partial charge in [-0.15, -0.1) is 11.3 Å². The van der Waals surface area contributed by atoms with E-state index < -0.39 is 0 Å². The van der Waals surface area contributed by atoms with Gasteiger partial charge in [-0.2, -0.15) is 0 Å². The van der Waals surface area contributed by atoms with Crippen molar-refractivity contribution in [3.05, 3.63) is 16.3 Å². The number of amides is 1. The molecule has 0 aromatic carbocycles. The van der Waals surface area contributed by atoms with E-state index in [0.29, 0.717) is 18.0 Å². The molecule has 0 N–H and O–H groups in total. The van der Waals surface area contributed by atoms with Crippen LogP contribution in [0.5, 0.6) is 0 Å². The highest BCUT2D eigenvalue weighted by Gasteiger charge is 2.24. The third-order valence-electron chi connectivity index (χ3n) is 1.79. The molecular weight excluding hydrogens is 190 g/mol. The number of hydrogen-bond acceptors (Lipinski definition) is 4. The summed E-state index contributed by atoms with van der Waals surface area (Å²) in [7, 11) is 0. The fourth-order valence-corrected chi connectivity index (χ4v) is 1.87. The van der Waals surface area contributed by atoms with E-state index >= 15 is 0 Å². The summed E-state index contributed by atoms with van der Waals surface area (Å²) in [5.74, 6) is 0. The molecule has 0 saturated carbocycles. The van der Waals surface area contributed by atoms with Crippen LogP contribution in [0.2, 0.25) is 0 Å². The molecule has 0 atom stereocenters. The quantitative estimate of drug-likeness (QED) is 0.675. The zero-order chi connectivity index (χ0) is 9.26. The smallest absolute Gasteiger partial charge is 0.414 e. The van der Waals surface area contributed by atoms with Gasteiger partial charge in [-0.3, -0.25) is 9.69 Å². The van der Waals surface area contributed by atoms with E-state index in [1.165, 1.54) is 16.2 Å². The molecule has 68 valence electrons. The van der Waals surface area contributed by atoms with Crippen LogP contribution in [0.15, 0.2) is 11.4 Å². The number of cyclic esters (lactones) is 1. The largest absolute Gasteiger partial charge is 0.447 e. The van der Waals surface area contributed by atoms with Crippen LogP contribution in [-0.4, -0.2) is 25.5 Å². The van der Waals surface area contributed by atoms with Crippen molar-refractivity contribution >= 4 is 29.4 Å². The molecule has 1 aromatic heterocycles. The first-order valence-corrected chi connectivity index (χ1v) is 4.67. The number of carbonyl (C=O) groups excluding carboxylic acids is 2. The van der Waals surface area contributed by atoms with E-state index in [9.17, 15) is 9.59 Å². The molecule has 13 heavy (non-hydrogen) atoms. The van der Waals surface area contributed by atoms with E-state index in [1.807, 2.05) is 0 Å². The highest BCUT2D eigenvalue weighted by Crippen LogP contribution is 2.24. The lowest BCUT2D eigenvalue weighted by Crippen LogP contribution is -2.22. The molecule has 1 aliphatic heterocycles. The normalized spacial score (nSPS) is 16.0. The van der Waals surface area contributed by atoms with Crippen LogP contribution in [0.3, 0.4) is 0 Å². The van der Waals surface area contributed by atoms with Gasteiger partial charge in [0.2, 0.25) is 0 Å². The predicted octanol–water partition coefficient (Wildman–Crippen LogP) is 1.52. The summed E-state index contributed by atoms with van der Waals surface area (Å²) in [5.41, 5.74) is 0.745. The minimum absolute atomic E-state index is 0.338. The van der Waals surface area contributed by atoms with Crippen molar-refractivity contribution in [3.8, 4) is 0 Å². The van der Waals surface area contributed by atoms with Crippen molar-refractivity contribution in [2.45, 2.75) is 0 Å². The lowest BCUT2D eigenvalue weighted by molar-refractivity contribution is 0.112. The van der Waals surface area contributed by atoms with Gasteiger partial charge in [-0.1, -0.05) is 0 Å². The predicted molar refractivity (Wildman–Crippen MR) is 48.4 cm³/mol. The maximum absolute atomic E-state index is 11.1. The number of anilines is 1. The Morgan fingerprint density at radius 1 is 1.62 bits per heavy atom. The Kier molecular flexibility index (Phi) is 2.02. The van der Waals surface area contributed by atoms with E-state index in [4.69, 9.17) is 4.74 Å². The minimum Gasteiger partial charge on any atom is -0.447 e. The average molecular weight is 197 g/mol. The van der Waals surface area contributed by atoms with Gasteiger partial charge in [-0.25, -0.2) is 4.79 Å². The minimum atomic E-state index is -0.338. The molecule has 0 unspecified atom stereocenters. The standard InChI is InChI=1S/C8H7NO3S/c10-4-7-3-6(5-13-7)9-1-2-12-8(9)11/h3-5H,1-2H2. The molecule has 4 nitrogen and oxygen atoms in total. The third kappa shape index (κ3) is 1.42. The van der Waals surface area contributed by atoms with E-state index in [-0.39, 0.29) is 6.09 Å². The summed E-state index contributed by atoms with van der Waals surface area (Å²) in [5, 5.41) is 1.77. The molecule has 2 heterocycles. The molecular formula is C8H7NO3S. The van der Waals surface area contributed by atoms with Crippen LogP contribution in [0.1, 0.15) is 9.67 Å². The van der Waals surface area contributed by atoms with Crippen molar-refractivity contribution in [2.24, 2.45) is 0 Å². The Bertz CT molecular complexity index is 347. The van der Waals surface area contributed by atoms with Crippen LogP contribution < -0.4 is 4.90 Å². The molecule has 1 aromatic rings. The molecule has 0 bridgehead atoms. The Labute approximate surface area is 78.7 Å². The molecule has 0 radical (unpaired) electrons. The summed E-state index contributed by atoms with van der Waals surface area (Å²) in [6.45, 7) is 0.985. The lowest BCUT2D eigenvalue weighted by Gasteiger charge is -2.08. The van der Waals surface area contributed by atoms with Crippen molar-refractivity contribution in [3.63, 3.8) is 0 Å². The molecule has 1 saturated heterocycles. The maximum Gasteiger partial charge on any atom is 0.414 e. The summed E-state index contributed by atoms with van der Waals surface area (Å²) < 4.78 is 4.77. The van der Waals surface area contributed by atoms with Gasteiger partial charge >= 0.3 is 6.09 Å². The monoisotopic (exact) mass is 197 g/mol. The van der Waals surface area contributed by atoms with Crippen LogP contribution in [0.4, 0.5) is 10.5 Å². The summed E-state index contributed by atoms with van der Waals surface area (Å²) in [6.07, 6.45) is 0.436. The van der Waals surface area contributed by atoms with Gasteiger partial charge in [0.05, 0.1) is 17.1 Å². The number of thiophene rings is 1. The molecule has 1 amide bonds. The van der Waals surface area contributed by atoms with Crippen molar-refractivity contribution < 1.29 is 14.3 Å². The SMILES string of the molecule is O=Cc1cc(N2CCOC2=O)cs1. The summed E-state index contributed by atoms with van der Waals surface area (Å²) >= 11 is 1.32. The lowest BCUT2D eigenvalue weighted by atomic mass is 10.4. The van der Waals surface area contributed by atoms with Gasteiger partial charge in [-0.05, 0) is 6.07 Å². The van der Waals surface area contributed by atoms with Gasteiger partial charge in [0, 0.05) is 5.38 Å². The van der Waals surface area contributed by atoms with Gasteiger partial charge < -0.3 is 4.74 Å². The van der Waals surface area contributed by atoms with Crippen molar-refractivity contribution in [2.75, 3.05) is 18.1 Å². The second-order valence-electron chi connectivity index (χ2n) is 2.59. The Morgan fingerprint density at radius 2 is 2.46 bits per heavy atom. The second-order valence-corrected chi connectivity index (χ2v) is 3.53. The Morgan fingerprint density at radius 3 is 3.00 bits per heavy atom. The third-order valence-corrected chi connectivity index (χ3v) is 2.64. The number of ether oxygens (including phenoxy) is 1. The first-order valence-electron chi connectivity index (χ1n) is 3.79. The number of carbonyl (C=O) groups is 2. The highest BCUT2D eigenvalue weighted by molar-refractivity contribution is 7.12. The van der Waals surface area contributed by atoms with E-state index in [1.54, 1.807) is 11.4 Å². The molecule has 0 spiro atoms. The van der Waals surface area contributed by atoms with Crippen molar-refractivity contribution in [1.29, 1.82) is 0 Å². The Balaban J connectivity index is 2.24. The molecule has 0 aliphatic carbocycles. The fourth-order valence-electron chi connectivity index (χ4n) is 1.17. The van der Waals surface area contributed by atoms with Crippen LogP contribution in [0.25, 0.3) is 0 Å². The summed E-state index contributed by atoms with van der Waals surface area (Å²) in [6, 6.07) is 1.68.